The van der Waals surface area contributed by atoms with Crippen LogP contribution in [0.15, 0.2) is 18.5 Å². The zero-order chi connectivity index (χ0) is 11.5. The Kier molecular flexibility index (Phi) is 3.26. The Labute approximate surface area is 87.8 Å². The predicted molar refractivity (Wildman–Crippen MR) is 55.7 cm³/mol. The van der Waals surface area contributed by atoms with Gasteiger partial charge in [0.15, 0.2) is 5.60 Å². The van der Waals surface area contributed by atoms with E-state index in [0.29, 0.717) is 0 Å². The molecule has 0 aliphatic rings. The number of hydrogen-bond donors (Lipinski definition) is 3. The molecule has 0 amide bonds. The van der Waals surface area contributed by atoms with Crippen molar-refractivity contribution >= 4 is 11.7 Å². The Bertz CT molecular complexity index is 363. The maximum atomic E-state index is 10.6. The van der Waals surface area contributed by atoms with Crippen molar-refractivity contribution in [3.63, 3.8) is 0 Å². The average molecular weight is 210 g/mol. The molecular formula is C10H14N2O3. The predicted octanol–water partition coefficient (Wildman–Crippen LogP) is 0.638. The smallest absolute Gasteiger partial charge is 0.337 e. The highest BCUT2D eigenvalue weighted by atomic mass is 16.4. The first kappa shape index (κ1) is 11.5. The SMILES string of the molecule is Cc1cnccc1NCC(C)(O)C(=O)O. The second-order valence-corrected chi connectivity index (χ2v) is 3.62. The first-order valence-electron chi connectivity index (χ1n) is 4.54. The van der Waals surface area contributed by atoms with Crippen molar-refractivity contribution in [2.45, 2.75) is 19.4 Å². The van der Waals surface area contributed by atoms with Gasteiger partial charge in [-0.1, -0.05) is 0 Å². The van der Waals surface area contributed by atoms with E-state index in [9.17, 15) is 9.90 Å². The van der Waals surface area contributed by atoms with Crippen LogP contribution in [0.2, 0.25) is 0 Å². The van der Waals surface area contributed by atoms with Gasteiger partial charge in [-0.3, -0.25) is 4.98 Å². The monoisotopic (exact) mass is 210 g/mol. The van der Waals surface area contributed by atoms with Gasteiger partial charge in [0.25, 0.3) is 0 Å². The Hall–Kier alpha value is -1.62. The van der Waals surface area contributed by atoms with Crippen molar-refractivity contribution in [2.75, 3.05) is 11.9 Å². The fourth-order valence-electron chi connectivity index (χ4n) is 1.01. The summed E-state index contributed by atoms with van der Waals surface area (Å²) >= 11 is 0. The summed E-state index contributed by atoms with van der Waals surface area (Å²) in [7, 11) is 0. The molecule has 15 heavy (non-hydrogen) atoms. The first-order valence-corrected chi connectivity index (χ1v) is 4.54. The molecule has 5 heteroatoms. The van der Waals surface area contributed by atoms with Crippen LogP contribution in [-0.2, 0) is 4.79 Å². The number of aliphatic carboxylic acids is 1. The molecule has 0 aliphatic heterocycles. The summed E-state index contributed by atoms with van der Waals surface area (Å²) in [5, 5.41) is 21.0. The largest absolute Gasteiger partial charge is 0.479 e. The summed E-state index contributed by atoms with van der Waals surface area (Å²) < 4.78 is 0. The summed E-state index contributed by atoms with van der Waals surface area (Å²) in [6.45, 7) is 3.05. The van der Waals surface area contributed by atoms with Gasteiger partial charge in [0.05, 0.1) is 6.54 Å². The van der Waals surface area contributed by atoms with Crippen LogP contribution >= 0.6 is 0 Å². The van der Waals surface area contributed by atoms with Gasteiger partial charge in [-0.2, -0.15) is 0 Å². The standard InChI is InChI=1S/C10H14N2O3/c1-7-5-11-4-3-8(7)12-6-10(2,15)9(13)14/h3-5,15H,6H2,1-2H3,(H,11,12)(H,13,14). The zero-order valence-electron chi connectivity index (χ0n) is 8.69. The summed E-state index contributed by atoms with van der Waals surface area (Å²) in [4.78, 5) is 14.5. The Balaban J connectivity index is 2.66. The highest BCUT2D eigenvalue weighted by Crippen LogP contribution is 2.13. The molecule has 0 spiro atoms. The molecule has 0 saturated heterocycles. The van der Waals surface area contributed by atoms with E-state index in [0.717, 1.165) is 11.3 Å². The first-order chi connectivity index (χ1) is 6.93. The number of anilines is 1. The topological polar surface area (TPSA) is 82.5 Å². The molecule has 1 heterocycles. The molecule has 1 aromatic heterocycles. The highest BCUT2D eigenvalue weighted by Gasteiger charge is 2.29. The van der Waals surface area contributed by atoms with Gasteiger partial charge in [-0.05, 0) is 25.5 Å². The van der Waals surface area contributed by atoms with Crippen LogP contribution in [0.1, 0.15) is 12.5 Å². The van der Waals surface area contributed by atoms with Gasteiger partial charge in [0.1, 0.15) is 0 Å². The van der Waals surface area contributed by atoms with Gasteiger partial charge in [-0.15, -0.1) is 0 Å². The van der Waals surface area contributed by atoms with Gasteiger partial charge in [-0.25, -0.2) is 4.79 Å². The highest BCUT2D eigenvalue weighted by molar-refractivity contribution is 5.77. The Morgan fingerprint density at radius 3 is 2.87 bits per heavy atom. The van der Waals surface area contributed by atoms with E-state index in [4.69, 9.17) is 5.11 Å². The van der Waals surface area contributed by atoms with Crippen molar-refractivity contribution in [2.24, 2.45) is 0 Å². The molecule has 1 rings (SSSR count). The van der Waals surface area contributed by atoms with Gasteiger partial charge >= 0.3 is 5.97 Å². The number of pyridine rings is 1. The maximum Gasteiger partial charge on any atom is 0.337 e. The minimum absolute atomic E-state index is 0.0484. The number of nitrogens with zero attached hydrogens (tertiary/aromatic N) is 1. The van der Waals surface area contributed by atoms with Gasteiger partial charge in [0.2, 0.25) is 0 Å². The molecule has 0 fully saturated rings. The van der Waals surface area contributed by atoms with E-state index in [-0.39, 0.29) is 6.54 Å². The van der Waals surface area contributed by atoms with Crippen LogP contribution in [0.25, 0.3) is 0 Å². The average Bonchev–Trinajstić information content (AvgIpc) is 2.16. The van der Waals surface area contributed by atoms with Crippen molar-refractivity contribution in [1.82, 2.24) is 4.98 Å². The minimum atomic E-state index is -1.77. The molecular weight excluding hydrogens is 196 g/mol. The van der Waals surface area contributed by atoms with E-state index in [1.807, 2.05) is 6.92 Å². The third kappa shape index (κ3) is 2.92. The molecule has 1 unspecified atom stereocenters. The number of carbonyl (C=O) groups is 1. The lowest BCUT2D eigenvalue weighted by molar-refractivity contribution is -0.155. The molecule has 3 N–H and O–H groups in total. The van der Waals surface area contributed by atoms with Crippen molar-refractivity contribution < 1.29 is 15.0 Å². The number of rotatable bonds is 4. The molecule has 1 atom stereocenters. The van der Waals surface area contributed by atoms with Crippen molar-refractivity contribution in [3.05, 3.63) is 24.0 Å². The van der Waals surface area contributed by atoms with Crippen LogP contribution in [0.4, 0.5) is 5.69 Å². The van der Waals surface area contributed by atoms with Gasteiger partial charge in [0, 0.05) is 18.1 Å². The fourth-order valence-corrected chi connectivity index (χ4v) is 1.01. The molecule has 0 bridgehead atoms. The Morgan fingerprint density at radius 1 is 1.67 bits per heavy atom. The van der Waals surface area contributed by atoms with Crippen LogP contribution in [0, 0.1) is 6.92 Å². The maximum absolute atomic E-state index is 10.6. The summed E-state index contributed by atoms with van der Waals surface area (Å²) in [6.07, 6.45) is 3.27. The summed E-state index contributed by atoms with van der Waals surface area (Å²) in [5.74, 6) is -1.25. The number of aromatic nitrogens is 1. The third-order valence-corrected chi connectivity index (χ3v) is 2.10. The molecule has 0 saturated carbocycles. The van der Waals surface area contributed by atoms with E-state index in [2.05, 4.69) is 10.3 Å². The summed E-state index contributed by atoms with van der Waals surface area (Å²) in [6, 6.07) is 1.73. The molecule has 5 nitrogen and oxygen atoms in total. The van der Waals surface area contributed by atoms with Crippen molar-refractivity contribution in [3.8, 4) is 0 Å². The van der Waals surface area contributed by atoms with Crippen molar-refractivity contribution in [1.29, 1.82) is 0 Å². The number of aryl methyl sites for hydroxylation is 1. The second-order valence-electron chi connectivity index (χ2n) is 3.62. The van der Waals surface area contributed by atoms with E-state index < -0.39 is 11.6 Å². The number of hydrogen-bond acceptors (Lipinski definition) is 4. The van der Waals surface area contributed by atoms with Crippen LogP contribution < -0.4 is 5.32 Å². The third-order valence-electron chi connectivity index (χ3n) is 2.10. The minimum Gasteiger partial charge on any atom is -0.479 e. The second kappa shape index (κ2) is 4.27. The molecule has 0 radical (unpaired) electrons. The van der Waals surface area contributed by atoms with Crippen LogP contribution in [0.3, 0.4) is 0 Å². The van der Waals surface area contributed by atoms with E-state index >= 15 is 0 Å². The lowest BCUT2D eigenvalue weighted by Gasteiger charge is -2.19. The fraction of sp³-hybridized carbons (Fsp3) is 0.400. The van der Waals surface area contributed by atoms with E-state index in [1.54, 1.807) is 18.5 Å². The number of aliphatic hydroxyl groups is 1. The number of nitrogens with one attached hydrogen (secondary N) is 1. The lowest BCUT2D eigenvalue weighted by Crippen LogP contribution is -2.41. The van der Waals surface area contributed by atoms with Crippen LogP contribution in [0.5, 0.6) is 0 Å². The molecule has 0 aromatic carbocycles. The number of carboxylic acid groups (broad SMARTS) is 1. The normalized spacial score (nSPS) is 14.3. The lowest BCUT2D eigenvalue weighted by atomic mass is 10.1. The Morgan fingerprint density at radius 2 is 2.33 bits per heavy atom. The summed E-state index contributed by atoms with van der Waals surface area (Å²) in [5.41, 5.74) is -0.0967. The molecule has 82 valence electrons. The molecule has 0 aliphatic carbocycles. The quantitative estimate of drug-likeness (QED) is 0.679. The zero-order valence-corrected chi connectivity index (χ0v) is 8.69. The number of carboxylic acids is 1. The van der Waals surface area contributed by atoms with Gasteiger partial charge < -0.3 is 15.5 Å². The van der Waals surface area contributed by atoms with Crippen LogP contribution in [-0.4, -0.2) is 33.3 Å². The molecule has 1 aromatic rings. The van der Waals surface area contributed by atoms with E-state index in [1.165, 1.54) is 6.92 Å².